The molecule has 1 aliphatic rings. The number of amides is 1. The summed E-state index contributed by atoms with van der Waals surface area (Å²) in [6.45, 7) is 2.41. The predicted molar refractivity (Wildman–Crippen MR) is 90.5 cm³/mol. The molecule has 1 fully saturated rings. The SMILES string of the molecule is Cc1ccc(N2C[C@H](c3noc(-c4cc(F)cc(F)c4)n3)CC2=O)cc1. The van der Waals surface area contributed by atoms with E-state index >= 15 is 0 Å². The first-order valence-electron chi connectivity index (χ1n) is 8.17. The summed E-state index contributed by atoms with van der Waals surface area (Å²) in [6, 6.07) is 10.7. The summed E-state index contributed by atoms with van der Waals surface area (Å²) >= 11 is 0. The fraction of sp³-hybridized carbons (Fsp3) is 0.211. The minimum atomic E-state index is -0.721. The molecule has 0 bridgehead atoms. The molecule has 1 amide bonds. The predicted octanol–water partition coefficient (Wildman–Crippen LogP) is 3.84. The number of aromatic nitrogens is 2. The first-order valence-corrected chi connectivity index (χ1v) is 8.17. The van der Waals surface area contributed by atoms with Gasteiger partial charge in [0.25, 0.3) is 5.89 Å². The number of anilines is 1. The van der Waals surface area contributed by atoms with Crippen LogP contribution in [0.15, 0.2) is 47.0 Å². The van der Waals surface area contributed by atoms with Gasteiger partial charge in [-0.2, -0.15) is 4.98 Å². The Hall–Kier alpha value is -3.09. The molecule has 1 aromatic heterocycles. The summed E-state index contributed by atoms with van der Waals surface area (Å²) in [5.74, 6) is -1.32. The maximum atomic E-state index is 13.4. The minimum absolute atomic E-state index is 0.0259. The van der Waals surface area contributed by atoms with Gasteiger partial charge >= 0.3 is 0 Å². The molecule has 0 saturated carbocycles. The Morgan fingerprint density at radius 2 is 1.81 bits per heavy atom. The lowest BCUT2D eigenvalue weighted by Gasteiger charge is -2.16. The molecule has 2 heterocycles. The number of nitrogens with zero attached hydrogens (tertiary/aromatic N) is 3. The van der Waals surface area contributed by atoms with Crippen molar-refractivity contribution in [3.63, 3.8) is 0 Å². The van der Waals surface area contributed by atoms with Gasteiger partial charge in [-0.25, -0.2) is 8.78 Å². The van der Waals surface area contributed by atoms with Crippen LogP contribution in [-0.2, 0) is 4.79 Å². The van der Waals surface area contributed by atoms with Crippen LogP contribution in [0.2, 0.25) is 0 Å². The van der Waals surface area contributed by atoms with Crippen LogP contribution in [-0.4, -0.2) is 22.6 Å². The number of benzene rings is 2. The molecule has 3 aromatic rings. The lowest BCUT2D eigenvalue weighted by molar-refractivity contribution is -0.117. The highest BCUT2D eigenvalue weighted by atomic mass is 19.1. The first-order chi connectivity index (χ1) is 12.5. The molecule has 1 saturated heterocycles. The summed E-state index contributed by atoms with van der Waals surface area (Å²) in [6.07, 6.45) is 0.254. The van der Waals surface area contributed by atoms with Crippen LogP contribution in [0.5, 0.6) is 0 Å². The topological polar surface area (TPSA) is 59.2 Å². The second-order valence-corrected chi connectivity index (χ2v) is 6.36. The van der Waals surface area contributed by atoms with Gasteiger partial charge in [-0.05, 0) is 31.2 Å². The second-order valence-electron chi connectivity index (χ2n) is 6.36. The highest BCUT2D eigenvalue weighted by Gasteiger charge is 2.34. The average Bonchev–Trinajstić information content (AvgIpc) is 3.22. The molecule has 2 aromatic carbocycles. The van der Waals surface area contributed by atoms with Gasteiger partial charge in [0.05, 0.1) is 0 Å². The quantitative estimate of drug-likeness (QED) is 0.716. The smallest absolute Gasteiger partial charge is 0.258 e. The van der Waals surface area contributed by atoms with Crippen molar-refractivity contribution in [2.24, 2.45) is 0 Å². The second kappa shape index (κ2) is 6.33. The summed E-state index contributed by atoms with van der Waals surface area (Å²) in [4.78, 5) is 18.3. The Morgan fingerprint density at radius 1 is 1.12 bits per heavy atom. The lowest BCUT2D eigenvalue weighted by atomic mass is 10.1. The van der Waals surface area contributed by atoms with Gasteiger partial charge in [0.2, 0.25) is 5.91 Å². The number of rotatable bonds is 3. The van der Waals surface area contributed by atoms with Gasteiger partial charge in [0.15, 0.2) is 5.82 Å². The van der Waals surface area contributed by atoms with E-state index in [2.05, 4.69) is 10.1 Å². The zero-order chi connectivity index (χ0) is 18.3. The third-order valence-corrected chi connectivity index (χ3v) is 4.39. The molecule has 7 heteroatoms. The molecule has 26 heavy (non-hydrogen) atoms. The standard InChI is InChI=1S/C19H15F2N3O2/c1-11-2-4-16(5-3-11)24-10-13(8-17(24)25)18-22-19(26-23-18)12-6-14(20)9-15(21)7-12/h2-7,9,13H,8,10H2,1H3/t13-/m1/s1. The number of aryl methyl sites for hydroxylation is 1. The molecule has 0 unspecified atom stereocenters. The Labute approximate surface area is 148 Å². The van der Waals surface area contributed by atoms with Crippen molar-refractivity contribution in [3.8, 4) is 11.5 Å². The van der Waals surface area contributed by atoms with Gasteiger partial charge in [-0.15, -0.1) is 0 Å². The molecule has 0 N–H and O–H groups in total. The summed E-state index contributed by atoms with van der Waals surface area (Å²) in [5, 5.41) is 3.90. The van der Waals surface area contributed by atoms with Crippen molar-refractivity contribution < 1.29 is 18.1 Å². The highest BCUT2D eigenvalue weighted by Crippen LogP contribution is 2.31. The molecular weight excluding hydrogens is 340 g/mol. The number of carbonyl (C=O) groups is 1. The molecule has 132 valence electrons. The van der Waals surface area contributed by atoms with Crippen molar-refractivity contribution in [2.75, 3.05) is 11.4 Å². The van der Waals surface area contributed by atoms with E-state index in [9.17, 15) is 13.6 Å². The number of halogens is 2. The average molecular weight is 355 g/mol. The van der Waals surface area contributed by atoms with E-state index in [0.29, 0.717) is 12.4 Å². The van der Waals surface area contributed by atoms with E-state index in [1.807, 2.05) is 31.2 Å². The van der Waals surface area contributed by atoms with Gasteiger partial charge in [-0.1, -0.05) is 22.9 Å². The number of hydrogen-bond acceptors (Lipinski definition) is 4. The zero-order valence-electron chi connectivity index (χ0n) is 13.9. The van der Waals surface area contributed by atoms with E-state index in [0.717, 1.165) is 29.4 Å². The third-order valence-electron chi connectivity index (χ3n) is 4.39. The normalized spacial score (nSPS) is 17.1. The van der Waals surface area contributed by atoms with Crippen LogP contribution in [0.4, 0.5) is 14.5 Å². The summed E-state index contributed by atoms with van der Waals surface area (Å²) in [5.41, 5.74) is 2.10. The van der Waals surface area contributed by atoms with Crippen LogP contribution >= 0.6 is 0 Å². The van der Waals surface area contributed by atoms with E-state index in [-0.39, 0.29) is 29.7 Å². The summed E-state index contributed by atoms with van der Waals surface area (Å²) < 4.78 is 31.9. The lowest BCUT2D eigenvalue weighted by Crippen LogP contribution is -2.24. The van der Waals surface area contributed by atoms with Crippen molar-refractivity contribution in [2.45, 2.75) is 19.3 Å². The van der Waals surface area contributed by atoms with Crippen LogP contribution in [0.25, 0.3) is 11.5 Å². The van der Waals surface area contributed by atoms with Gasteiger partial charge in [-0.3, -0.25) is 4.79 Å². The van der Waals surface area contributed by atoms with Gasteiger partial charge in [0, 0.05) is 36.2 Å². The maximum Gasteiger partial charge on any atom is 0.258 e. The fourth-order valence-electron chi connectivity index (χ4n) is 3.05. The van der Waals surface area contributed by atoms with Crippen molar-refractivity contribution in [1.82, 2.24) is 10.1 Å². The Morgan fingerprint density at radius 3 is 2.50 bits per heavy atom. The molecule has 1 atom stereocenters. The number of carbonyl (C=O) groups excluding carboxylic acids is 1. The van der Waals surface area contributed by atoms with E-state index in [1.54, 1.807) is 4.90 Å². The van der Waals surface area contributed by atoms with Crippen molar-refractivity contribution in [3.05, 3.63) is 65.5 Å². The van der Waals surface area contributed by atoms with E-state index in [4.69, 9.17) is 4.52 Å². The monoisotopic (exact) mass is 355 g/mol. The Bertz CT molecular complexity index is 949. The molecule has 5 nitrogen and oxygen atoms in total. The van der Waals surface area contributed by atoms with Crippen LogP contribution in [0.3, 0.4) is 0 Å². The Kier molecular flexibility index (Phi) is 3.99. The van der Waals surface area contributed by atoms with Gasteiger partial charge < -0.3 is 9.42 Å². The largest absolute Gasteiger partial charge is 0.334 e. The van der Waals surface area contributed by atoms with E-state index < -0.39 is 11.6 Å². The van der Waals surface area contributed by atoms with Crippen LogP contribution in [0, 0.1) is 18.6 Å². The minimum Gasteiger partial charge on any atom is -0.334 e. The molecule has 4 rings (SSSR count). The fourth-order valence-corrected chi connectivity index (χ4v) is 3.05. The third kappa shape index (κ3) is 3.08. The molecule has 0 radical (unpaired) electrons. The summed E-state index contributed by atoms with van der Waals surface area (Å²) in [7, 11) is 0. The molecule has 1 aliphatic heterocycles. The molecular formula is C19H15F2N3O2. The Balaban J connectivity index is 1.56. The van der Waals surface area contributed by atoms with Crippen molar-refractivity contribution in [1.29, 1.82) is 0 Å². The maximum absolute atomic E-state index is 13.4. The number of hydrogen-bond donors (Lipinski definition) is 0. The van der Waals surface area contributed by atoms with Crippen LogP contribution in [0.1, 0.15) is 23.7 Å². The molecule has 0 spiro atoms. The first kappa shape index (κ1) is 16.4. The zero-order valence-corrected chi connectivity index (χ0v) is 13.9. The highest BCUT2D eigenvalue weighted by molar-refractivity contribution is 5.96. The van der Waals surface area contributed by atoms with Gasteiger partial charge in [0.1, 0.15) is 11.6 Å². The van der Waals surface area contributed by atoms with Crippen molar-refractivity contribution >= 4 is 11.6 Å². The van der Waals surface area contributed by atoms with Crippen LogP contribution < -0.4 is 4.90 Å². The van der Waals surface area contributed by atoms with E-state index in [1.165, 1.54) is 0 Å². The molecule has 0 aliphatic carbocycles.